The van der Waals surface area contributed by atoms with Crippen LogP contribution in [0.25, 0.3) is 6.08 Å². The molecule has 7 heteroatoms. The van der Waals surface area contributed by atoms with Crippen LogP contribution >= 0.6 is 0 Å². The standard InChI is InChI=1S/C38H40O7/c1-40-35(39)28-44-36-33(23-22-29-14-6-2-7-15-29)45-34(27-41-24-30-16-8-3-9-17-30)37(42-25-31-18-10-4-11-19-31)38(36)43-26-32-20-12-5-13-21-32/h2-23,33-34,36-38H,24-28H2,1H3/b23-22+/t33-,34+,36-,37+,38+/m0/s1. The molecule has 1 saturated heterocycles. The van der Waals surface area contributed by atoms with E-state index in [4.69, 9.17) is 28.4 Å². The van der Waals surface area contributed by atoms with Gasteiger partial charge >= 0.3 is 5.97 Å². The maximum absolute atomic E-state index is 12.3. The zero-order valence-corrected chi connectivity index (χ0v) is 25.5. The van der Waals surface area contributed by atoms with Crippen molar-refractivity contribution in [3.63, 3.8) is 0 Å². The van der Waals surface area contributed by atoms with Crippen LogP contribution in [0.3, 0.4) is 0 Å². The molecule has 4 aromatic rings. The van der Waals surface area contributed by atoms with Gasteiger partial charge in [0.25, 0.3) is 0 Å². The number of ether oxygens (including phenoxy) is 6. The summed E-state index contributed by atoms with van der Waals surface area (Å²) in [6, 6.07) is 39.9. The summed E-state index contributed by atoms with van der Waals surface area (Å²) in [6.45, 7) is 1.09. The fourth-order valence-electron chi connectivity index (χ4n) is 5.21. The van der Waals surface area contributed by atoms with E-state index in [1.807, 2.05) is 133 Å². The lowest BCUT2D eigenvalue weighted by atomic mass is 9.93. The summed E-state index contributed by atoms with van der Waals surface area (Å²) in [4.78, 5) is 12.3. The van der Waals surface area contributed by atoms with Crippen molar-refractivity contribution in [3.8, 4) is 0 Å². The third-order valence-electron chi connectivity index (χ3n) is 7.53. The van der Waals surface area contributed by atoms with Gasteiger partial charge in [0.2, 0.25) is 0 Å². The summed E-state index contributed by atoms with van der Waals surface area (Å²) in [7, 11) is 1.34. The maximum atomic E-state index is 12.3. The summed E-state index contributed by atoms with van der Waals surface area (Å²) >= 11 is 0. The lowest BCUT2D eigenvalue weighted by molar-refractivity contribution is -0.261. The summed E-state index contributed by atoms with van der Waals surface area (Å²) < 4.78 is 37.3. The SMILES string of the molecule is COC(=O)CO[C@@H]1[C@@H](OCc2ccccc2)[C@H](OCc2ccccc2)[C@@H](COCc2ccccc2)O[C@H]1/C=C/c1ccccc1. The van der Waals surface area contributed by atoms with Crippen LogP contribution in [0.2, 0.25) is 0 Å². The first-order valence-corrected chi connectivity index (χ1v) is 15.2. The molecule has 0 saturated carbocycles. The predicted octanol–water partition coefficient (Wildman–Crippen LogP) is 6.41. The molecule has 7 nitrogen and oxygen atoms in total. The van der Waals surface area contributed by atoms with Crippen molar-refractivity contribution in [1.29, 1.82) is 0 Å². The quantitative estimate of drug-likeness (QED) is 0.144. The van der Waals surface area contributed by atoms with E-state index >= 15 is 0 Å². The molecule has 0 spiro atoms. The fraction of sp³-hybridized carbons (Fsp3) is 0.289. The van der Waals surface area contributed by atoms with Crippen LogP contribution in [0.1, 0.15) is 22.3 Å². The predicted molar refractivity (Wildman–Crippen MR) is 172 cm³/mol. The molecule has 5 atom stereocenters. The smallest absolute Gasteiger partial charge is 0.331 e. The molecular formula is C38H40O7. The van der Waals surface area contributed by atoms with Gasteiger partial charge in [-0.15, -0.1) is 0 Å². The van der Waals surface area contributed by atoms with Crippen molar-refractivity contribution in [3.05, 3.63) is 150 Å². The van der Waals surface area contributed by atoms with Gasteiger partial charge in [0.1, 0.15) is 37.1 Å². The number of carbonyl (C=O) groups excluding carboxylic acids is 1. The van der Waals surface area contributed by atoms with E-state index in [1.54, 1.807) is 0 Å². The Labute approximate surface area is 265 Å². The molecule has 0 radical (unpaired) electrons. The number of carbonyl (C=O) groups is 1. The lowest BCUT2D eigenvalue weighted by Crippen LogP contribution is -2.61. The highest BCUT2D eigenvalue weighted by Gasteiger charge is 2.47. The Morgan fingerprint density at radius 1 is 0.644 bits per heavy atom. The number of methoxy groups -OCH3 is 1. The number of esters is 1. The second kappa shape index (κ2) is 17.4. The number of benzene rings is 4. The molecular weight excluding hydrogens is 568 g/mol. The van der Waals surface area contributed by atoms with Gasteiger partial charge in [-0.05, 0) is 22.3 Å². The van der Waals surface area contributed by atoms with Crippen molar-refractivity contribution in [2.75, 3.05) is 20.3 Å². The monoisotopic (exact) mass is 608 g/mol. The second-order valence-electron chi connectivity index (χ2n) is 10.8. The number of rotatable bonds is 15. The first-order chi connectivity index (χ1) is 22.2. The van der Waals surface area contributed by atoms with Gasteiger partial charge in [-0.1, -0.05) is 133 Å². The van der Waals surface area contributed by atoms with Crippen molar-refractivity contribution in [1.82, 2.24) is 0 Å². The molecule has 45 heavy (non-hydrogen) atoms. The van der Waals surface area contributed by atoms with E-state index in [0.29, 0.717) is 19.8 Å². The van der Waals surface area contributed by atoms with Gasteiger partial charge in [0, 0.05) is 0 Å². The van der Waals surface area contributed by atoms with Crippen molar-refractivity contribution >= 4 is 12.0 Å². The Morgan fingerprint density at radius 2 is 1.16 bits per heavy atom. The fourth-order valence-corrected chi connectivity index (χ4v) is 5.21. The van der Waals surface area contributed by atoms with E-state index in [1.165, 1.54) is 7.11 Å². The summed E-state index contributed by atoms with van der Waals surface area (Å²) in [5, 5.41) is 0. The van der Waals surface area contributed by atoms with Crippen molar-refractivity contribution in [2.24, 2.45) is 0 Å². The van der Waals surface area contributed by atoms with Gasteiger partial charge in [0.15, 0.2) is 0 Å². The van der Waals surface area contributed by atoms with Crippen LogP contribution in [-0.2, 0) is 53.0 Å². The van der Waals surface area contributed by atoms with Gasteiger partial charge in [-0.3, -0.25) is 0 Å². The minimum absolute atomic E-state index is 0.258. The van der Waals surface area contributed by atoms with Gasteiger partial charge < -0.3 is 28.4 Å². The lowest BCUT2D eigenvalue weighted by Gasteiger charge is -2.45. The normalized spacial score (nSPS) is 21.5. The largest absolute Gasteiger partial charge is 0.467 e. The van der Waals surface area contributed by atoms with E-state index < -0.39 is 36.5 Å². The Kier molecular flexibility index (Phi) is 12.5. The molecule has 1 aliphatic rings. The molecule has 1 fully saturated rings. The highest BCUT2D eigenvalue weighted by molar-refractivity contribution is 5.70. The van der Waals surface area contributed by atoms with Crippen molar-refractivity contribution < 1.29 is 33.2 Å². The third-order valence-corrected chi connectivity index (χ3v) is 7.53. The molecule has 0 bridgehead atoms. The Balaban J connectivity index is 1.45. The van der Waals surface area contributed by atoms with E-state index in [9.17, 15) is 4.79 Å². The van der Waals surface area contributed by atoms with E-state index in [-0.39, 0.29) is 13.2 Å². The Morgan fingerprint density at radius 3 is 1.71 bits per heavy atom. The molecule has 5 rings (SSSR count). The maximum Gasteiger partial charge on any atom is 0.331 e. The molecule has 1 heterocycles. The second-order valence-corrected chi connectivity index (χ2v) is 10.8. The van der Waals surface area contributed by atoms with Crippen molar-refractivity contribution in [2.45, 2.75) is 50.3 Å². The first-order valence-electron chi connectivity index (χ1n) is 15.2. The van der Waals surface area contributed by atoms with Crippen LogP contribution in [-0.4, -0.2) is 56.8 Å². The molecule has 0 unspecified atom stereocenters. The minimum atomic E-state index is -0.682. The molecule has 0 amide bonds. The summed E-state index contributed by atoms with van der Waals surface area (Å²) in [5.41, 5.74) is 4.09. The molecule has 0 aromatic heterocycles. The van der Waals surface area contributed by atoms with E-state index in [2.05, 4.69) is 0 Å². The van der Waals surface area contributed by atoms with Crippen LogP contribution in [0.5, 0.6) is 0 Å². The van der Waals surface area contributed by atoms with E-state index in [0.717, 1.165) is 22.3 Å². The Hall–Kier alpha value is -4.11. The van der Waals surface area contributed by atoms with Crippen LogP contribution in [0.15, 0.2) is 127 Å². The van der Waals surface area contributed by atoms with Gasteiger partial charge in [-0.25, -0.2) is 4.79 Å². The molecule has 4 aromatic carbocycles. The molecule has 1 aliphatic heterocycles. The first kappa shape index (κ1) is 32.3. The average Bonchev–Trinajstić information content (AvgIpc) is 3.10. The Bertz CT molecular complexity index is 1430. The molecule has 0 aliphatic carbocycles. The van der Waals surface area contributed by atoms with Crippen LogP contribution in [0.4, 0.5) is 0 Å². The number of hydrogen-bond acceptors (Lipinski definition) is 7. The topological polar surface area (TPSA) is 72.5 Å². The average molecular weight is 609 g/mol. The molecule has 0 N–H and O–H groups in total. The third kappa shape index (κ3) is 9.94. The summed E-state index contributed by atoms with van der Waals surface area (Å²) in [6.07, 6.45) is 1.00. The zero-order valence-electron chi connectivity index (χ0n) is 25.5. The molecule has 234 valence electrons. The van der Waals surface area contributed by atoms with Gasteiger partial charge in [-0.2, -0.15) is 0 Å². The van der Waals surface area contributed by atoms with Crippen LogP contribution < -0.4 is 0 Å². The van der Waals surface area contributed by atoms with Crippen LogP contribution in [0, 0.1) is 0 Å². The zero-order chi connectivity index (χ0) is 31.1. The van der Waals surface area contributed by atoms with Gasteiger partial charge in [0.05, 0.1) is 33.5 Å². The summed E-state index contributed by atoms with van der Waals surface area (Å²) in [5.74, 6) is -0.488. The minimum Gasteiger partial charge on any atom is -0.467 e. The number of hydrogen-bond donors (Lipinski definition) is 0. The highest BCUT2D eigenvalue weighted by Crippen LogP contribution is 2.31. The highest BCUT2D eigenvalue weighted by atomic mass is 16.6.